The highest BCUT2D eigenvalue weighted by Crippen LogP contribution is 2.52. The third-order valence-electron chi connectivity index (χ3n) is 6.58. The van der Waals surface area contributed by atoms with E-state index < -0.39 is 0 Å². The van der Waals surface area contributed by atoms with Crippen molar-refractivity contribution in [3.8, 4) is 0 Å². The van der Waals surface area contributed by atoms with Gasteiger partial charge in [0.2, 0.25) is 0 Å². The van der Waals surface area contributed by atoms with E-state index >= 15 is 0 Å². The molecule has 1 atom stereocenters. The Kier molecular flexibility index (Phi) is 4.20. The third kappa shape index (κ3) is 2.51. The minimum atomic E-state index is -0.258. The summed E-state index contributed by atoms with van der Waals surface area (Å²) in [5, 5.41) is 2.78. The summed E-state index contributed by atoms with van der Waals surface area (Å²) in [7, 11) is 0. The Bertz CT molecular complexity index is 752. The normalized spacial score (nSPS) is 24.6. The third-order valence-corrected chi connectivity index (χ3v) is 6.58. The van der Waals surface area contributed by atoms with Crippen molar-refractivity contribution in [2.75, 3.05) is 18.0 Å². The van der Waals surface area contributed by atoms with Gasteiger partial charge >= 0.3 is 12.1 Å². The van der Waals surface area contributed by atoms with Crippen LogP contribution in [-0.2, 0) is 0 Å². The second-order valence-corrected chi connectivity index (χ2v) is 8.35. The van der Waals surface area contributed by atoms with E-state index in [4.69, 9.17) is 0 Å². The monoisotopic (exact) mass is 355 g/mol. The molecule has 1 aliphatic carbocycles. The lowest BCUT2D eigenvalue weighted by Gasteiger charge is -2.53. The number of rotatable bonds is 0. The molecule has 26 heavy (non-hydrogen) atoms. The molecule has 4 rings (SSSR count). The number of hydrogen-bond donors (Lipinski definition) is 1. The molecule has 1 spiro atoms. The molecule has 1 saturated carbocycles. The molecule has 1 unspecified atom stereocenters. The largest absolute Gasteiger partial charge is 0.336 e. The van der Waals surface area contributed by atoms with Gasteiger partial charge in [-0.25, -0.2) is 14.5 Å². The number of amides is 4. The van der Waals surface area contributed by atoms with E-state index in [1.54, 1.807) is 0 Å². The zero-order valence-corrected chi connectivity index (χ0v) is 16.1. The van der Waals surface area contributed by atoms with Crippen molar-refractivity contribution >= 4 is 17.7 Å². The molecule has 2 fully saturated rings. The van der Waals surface area contributed by atoms with Crippen LogP contribution in [0.5, 0.6) is 0 Å². The van der Waals surface area contributed by atoms with Crippen LogP contribution in [0.3, 0.4) is 0 Å². The zero-order chi connectivity index (χ0) is 18.5. The van der Waals surface area contributed by atoms with Crippen LogP contribution < -0.4 is 10.2 Å². The van der Waals surface area contributed by atoms with E-state index in [0.29, 0.717) is 19.0 Å². The van der Waals surface area contributed by atoms with Gasteiger partial charge < -0.3 is 5.32 Å². The summed E-state index contributed by atoms with van der Waals surface area (Å²) in [6.07, 6.45) is 6.61. The van der Waals surface area contributed by atoms with Gasteiger partial charge in [0.05, 0.1) is 11.2 Å². The molecule has 5 nitrogen and oxygen atoms in total. The molecule has 0 aromatic heterocycles. The van der Waals surface area contributed by atoms with Crippen molar-refractivity contribution in [2.45, 2.75) is 70.8 Å². The summed E-state index contributed by atoms with van der Waals surface area (Å²) >= 11 is 0. The summed E-state index contributed by atoms with van der Waals surface area (Å²) in [5.41, 5.74) is 4.58. The molecule has 140 valence electrons. The molecule has 1 saturated heterocycles. The Morgan fingerprint density at radius 1 is 1.15 bits per heavy atom. The SMILES string of the molecule is Cc1ccc(C)c2c1C(C)CC1(CCCCC1)N2C(=O)N1CCNC1=O. The highest BCUT2D eigenvalue weighted by atomic mass is 16.2. The number of carbonyl (C=O) groups is 2. The Morgan fingerprint density at radius 3 is 2.50 bits per heavy atom. The van der Waals surface area contributed by atoms with Gasteiger partial charge in [-0.05, 0) is 55.7 Å². The van der Waals surface area contributed by atoms with Gasteiger partial charge in [0.1, 0.15) is 0 Å². The number of imide groups is 1. The topological polar surface area (TPSA) is 52.7 Å². The van der Waals surface area contributed by atoms with Crippen LogP contribution in [-0.4, -0.2) is 35.6 Å². The van der Waals surface area contributed by atoms with Gasteiger partial charge in [0, 0.05) is 13.1 Å². The average Bonchev–Trinajstić information content (AvgIpc) is 3.04. The van der Waals surface area contributed by atoms with Gasteiger partial charge in [0.25, 0.3) is 0 Å². The molecule has 4 amide bonds. The van der Waals surface area contributed by atoms with Gasteiger partial charge in [-0.3, -0.25) is 4.90 Å². The second kappa shape index (κ2) is 6.29. The fourth-order valence-electron chi connectivity index (χ4n) is 5.45. The van der Waals surface area contributed by atoms with Crippen molar-refractivity contribution in [2.24, 2.45) is 0 Å². The first-order valence-corrected chi connectivity index (χ1v) is 9.94. The van der Waals surface area contributed by atoms with Gasteiger partial charge in [-0.15, -0.1) is 0 Å². The number of aryl methyl sites for hydroxylation is 2. The molecule has 0 bridgehead atoms. The van der Waals surface area contributed by atoms with Crippen LogP contribution in [0.2, 0.25) is 0 Å². The Hall–Kier alpha value is -2.04. The zero-order valence-electron chi connectivity index (χ0n) is 16.1. The minimum Gasteiger partial charge on any atom is -0.336 e. The van der Waals surface area contributed by atoms with Crippen molar-refractivity contribution < 1.29 is 9.59 Å². The smallest absolute Gasteiger partial charge is 0.333 e. The van der Waals surface area contributed by atoms with Gasteiger partial charge in [-0.1, -0.05) is 38.3 Å². The van der Waals surface area contributed by atoms with Crippen LogP contribution >= 0.6 is 0 Å². The molecule has 2 aliphatic heterocycles. The number of hydrogen-bond acceptors (Lipinski definition) is 2. The number of fused-ring (bicyclic) bond motifs is 1. The Labute approximate surface area is 155 Å². The van der Waals surface area contributed by atoms with Crippen molar-refractivity contribution in [3.05, 3.63) is 28.8 Å². The van der Waals surface area contributed by atoms with E-state index in [-0.39, 0.29) is 17.6 Å². The number of nitrogens with zero attached hydrogens (tertiary/aromatic N) is 2. The molecular weight excluding hydrogens is 326 g/mol. The van der Waals surface area contributed by atoms with Crippen LogP contribution in [0.4, 0.5) is 15.3 Å². The highest BCUT2D eigenvalue weighted by molar-refractivity contribution is 6.05. The second-order valence-electron chi connectivity index (χ2n) is 8.35. The van der Waals surface area contributed by atoms with Gasteiger partial charge in [0.15, 0.2) is 0 Å². The molecule has 1 aromatic rings. The molecule has 2 heterocycles. The number of urea groups is 2. The number of carbonyl (C=O) groups excluding carboxylic acids is 2. The van der Waals surface area contributed by atoms with Gasteiger partial charge in [-0.2, -0.15) is 0 Å². The lowest BCUT2D eigenvalue weighted by molar-refractivity contribution is 0.182. The van der Waals surface area contributed by atoms with Crippen molar-refractivity contribution in [1.29, 1.82) is 0 Å². The summed E-state index contributed by atoms with van der Waals surface area (Å²) in [6.45, 7) is 7.53. The standard InChI is InChI=1S/C21H29N3O2/c1-14-7-8-15(2)18-17(14)16(3)13-21(9-5-4-6-10-21)24(18)20(26)23-12-11-22-19(23)25/h7-8,16H,4-6,9-13H2,1-3H3,(H,22,25). The fraction of sp³-hybridized carbons (Fsp3) is 0.619. The maximum absolute atomic E-state index is 13.6. The summed E-state index contributed by atoms with van der Waals surface area (Å²) in [5.74, 6) is 0.430. The van der Waals surface area contributed by atoms with Crippen LogP contribution in [0.1, 0.15) is 68.1 Å². The first kappa shape index (κ1) is 17.4. The Morgan fingerprint density at radius 2 is 1.85 bits per heavy atom. The van der Waals surface area contributed by atoms with Crippen molar-refractivity contribution in [1.82, 2.24) is 10.2 Å². The van der Waals surface area contributed by atoms with E-state index in [0.717, 1.165) is 43.4 Å². The maximum atomic E-state index is 13.6. The summed E-state index contributed by atoms with van der Waals surface area (Å²) in [4.78, 5) is 29.3. The predicted molar refractivity (Wildman–Crippen MR) is 103 cm³/mol. The lowest BCUT2D eigenvalue weighted by Crippen LogP contribution is -2.60. The molecule has 1 aromatic carbocycles. The highest BCUT2D eigenvalue weighted by Gasteiger charge is 2.49. The van der Waals surface area contributed by atoms with Crippen LogP contribution in [0.15, 0.2) is 12.1 Å². The minimum absolute atomic E-state index is 0.135. The first-order valence-electron chi connectivity index (χ1n) is 9.94. The Balaban J connectivity index is 1.88. The predicted octanol–water partition coefficient (Wildman–Crippen LogP) is 4.47. The quantitative estimate of drug-likeness (QED) is 0.747. The molecule has 5 heteroatoms. The number of anilines is 1. The van der Waals surface area contributed by atoms with Crippen LogP contribution in [0, 0.1) is 13.8 Å². The summed E-state index contributed by atoms with van der Waals surface area (Å²) in [6, 6.07) is 3.89. The maximum Gasteiger partial charge on any atom is 0.333 e. The molecule has 3 aliphatic rings. The fourth-order valence-corrected chi connectivity index (χ4v) is 5.45. The summed E-state index contributed by atoms with van der Waals surface area (Å²) < 4.78 is 0. The van der Waals surface area contributed by atoms with E-state index in [1.807, 2.05) is 4.90 Å². The number of nitrogens with one attached hydrogen (secondary N) is 1. The van der Waals surface area contributed by atoms with Crippen molar-refractivity contribution in [3.63, 3.8) is 0 Å². The molecular formula is C21H29N3O2. The number of benzene rings is 1. The van der Waals surface area contributed by atoms with E-state index in [1.165, 1.54) is 22.4 Å². The first-order chi connectivity index (χ1) is 12.4. The average molecular weight is 355 g/mol. The van der Waals surface area contributed by atoms with Crippen LogP contribution in [0.25, 0.3) is 0 Å². The molecule has 1 N–H and O–H groups in total. The van der Waals surface area contributed by atoms with E-state index in [2.05, 4.69) is 38.2 Å². The van der Waals surface area contributed by atoms with E-state index in [9.17, 15) is 9.59 Å². The lowest BCUT2D eigenvalue weighted by atomic mass is 9.69. The molecule has 0 radical (unpaired) electrons.